The molecule has 0 aliphatic heterocycles. The third-order valence-corrected chi connectivity index (χ3v) is 2.94. The van der Waals surface area contributed by atoms with Crippen LogP contribution in [0.5, 0.6) is 0 Å². The number of rotatable bonds is 4. The zero-order valence-corrected chi connectivity index (χ0v) is 9.67. The first-order chi connectivity index (χ1) is 6.56. The summed E-state index contributed by atoms with van der Waals surface area (Å²) in [6, 6.07) is 0. The van der Waals surface area contributed by atoms with Gasteiger partial charge in [0.25, 0.3) is 0 Å². The third-order valence-electron chi connectivity index (χ3n) is 2.45. The molecule has 1 N–H and O–H groups in total. The average Bonchev–Trinajstić information content (AvgIpc) is 2.39. The van der Waals surface area contributed by atoms with Crippen molar-refractivity contribution < 1.29 is 5.11 Å². The summed E-state index contributed by atoms with van der Waals surface area (Å²) in [6.07, 6.45) is 1.81. The second kappa shape index (κ2) is 4.80. The number of aryl methyl sites for hydroxylation is 2. The third kappa shape index (κ3) is 2.49. The van der Waals surface area contributed by atoms with Gasteiger partial charge in [0.15, 0.2) is 0 Å². The van der Waals surface area contributed by atoms with Crippen molar-refractivity contribution in [3.63, 3.8) is 0 Å². The van der Waals surface area contributed by atoms with Crippen molar-refractivity contribution in [2.24, 2.45) is 13.0 Å². The Balaban J connectivity index is 2.67. The lowest BCUT2D eigenvalue weighted by Crippen LogP contribution is -2.05. The van der Waals surface area contributed by atoms with E-state index < -0.39 is 0 Å². The number of hydrogen-bond acceptors (Lipinski definition) is 2. The predicted molar refractivity (Wildman–Crippen MR) is 57.5 cm³/mol. The predicted octanol–water partition coefficient (Wildman–Crippen LogP) is 1.94. The van der Waals surface area contributed by atoms with Gasteiger partial charge in [-0.3, -0.25) is 4.68 Å². The summed E-state index contributed by atoms with van der Waals surface area (Å²) < 4.78 is 1.82. The molecule has 0 aliphatic rings. The lowest BCUT2D eigenvalue weighted by molar-refractivity contribution is 0.230. The second-order valence-corrected chi connectivity index (χ2v) is 4.17. The highest BCUT2D eigenvalue weighted by atomic mass is 35.5. The second-order valence-electron chi connectivity index (χ2n) is 3.80. The first-order valence-corrected chi connectivity index (χ1v) is 5.23. The van der Waals surface area contributed by atoms with E-state index in [1.165, 1.54) is 0 Å². The minimum absolute atomic E-state index is 0.231. The lowest BCUT2D eigenvalue weighted by atomic mass is 10.1. The Hall–Kier alpha value is -0.540. The number of hydrogen-bond donors (Lipinski definition) is 1. The molecule has 1 unspecified atom stereocenters. The largest absolute Gasteiger partial charge is 0.396 e. The summed E-state index contributed by atoms with van der Waals surface area (Å²) in [4.78, 5) is 0. The number of aliphatic hydroxyl groups is 1. The van der Waals surface area contributed by atoms with E-state index in [9.17, 15) is 0 Å². The zero-order valence-electron chi connectivity index (χ0n) is 8.92. The lowest BCUT2D eigenvalue weighted by Gasteiger charge is -2.07. The molecule has 1 heterocycles. The van der Waals surface area contributed by atoms with E-state index in [2.05, 4.69) is 5.10 Å². The van der Waals surface area contributed by atoms with Gasteiger partial charge in [-0.05, 0) is 25.7 Å². The highest BCUT2D eigenvalue weighted by molar-refractivity contribution is 6.31. The van der Waals surface area contributed by atoms with Crippen LogP contribution in [0.15, 0.2) is 0 Å². The van der Waals surface area contributed by atoms with Gasteiger partial charge in [0.05, 0.1) is 16.4 Å². The van der Waals surface area contributed by atoms with Gasteiger partial charge in [-0.15, -0.1) is 0 Å². The summed E-state index contributed by atoms with van der Waals surface area (Å²) in [6.45, 7) is 4.16. The summed E-state index contributed by atoms with van der Waals surface area (Å²) in [5.74, 6) is 0.321. The molecule has 1 aromatic heterocycles. The maximum atomic E-state index is 8.90. The van der Waals surface area contributed by atoms with Crippen molar-refractivity contribution in [1.82, 2.24) is 9.78 Å². The van der Waals surface area contributed by atoms with E-state index in [1.54, 1.807) is 0 Å². The molecule has 80 valence electrons. The zero-order chi connectivity index (χ0) is 10.7. The average molecular weight is 217 g/mol. The summed E-state index contributed by atoms with van der Waals surface area (Å²) in [5, 5.41) is 13.9. The first-order valence-electron chi connectivity index (χ1n) is 4.85. The van der Waals surface area contributed by atoms with Crippen molar-refractivity contribution in [3.8, 4) is 0 Å². The normalized spacial score (nSPS) is 13.2. The van der Waals surface area contributed by atoms with Crippen LogP contribution in [0.2, 0.25) is 5.02 Å². The minimum atomic E-state index is 0.231. The Bertz CT molecular complexity index is 309. The topological polar surface area (TPSA) is 38.0 Å². The Labute approximate surface area is 89.7 Å². The number of nitrogens with zero attached hydrogens (tertiary/aromatic N) is 2. The standard InChI is InChI=1S/C10H17ClN2O/c1-7(6-14)4-5-9-10(11)8(2)12-13(9)3/h7,14H,4-6H2,1-3H3. The van der Waals surface area contributed by atoms with Crippen LogP contribution in [0.1, 0.15) is 24.7 Å². The Kier molecular flexibility index (Phi) is 3.96. The molecule has 0 radical (unpaired) electrons. The van der Waals surface area contributed by atoms with Crippen LogP contribution < -0.4 is 0 Å². The molecule has 0 fully saturated rings. The fraction of sp³-hybridized carbons (Fsp3) is 0.700. The number of halogens is 1. The molecule has 0 saturated heterocycles. The van der Waals surface area contributed by atoms with Crippen LogP contribution >= 0.6 is 11.6 Å². The van der Waals surface area contributed by atoms with Gasteiger partial charge in [-0.1, -0.05) is 18.5 Å². The Morgan fingerprint density at radius 2 is 2.21 bits per heavy atom. The molecule has 0 bridgehead atoms. The monoisotopic (exact) mass is 216 g/mol. The fourth-order valence-corrected chi connectivity index (χ4v) is 1.68. The van der Waals surface area contributed by atoms with E-state index in [0.29, 0.717) is 5.92 Å². The quantitative estimate of drug-likeness (QED) is 0.836. The highest BCUT2D eigenvalue weighted by Crippen LogP contribution is 2.21. The molecule has 1 aromatic rings. The first kappa shape index (κ1) is 11.5. The van der Waals surface area contributed by atoms with E-state index in [4.69, 9.17) is 16.7 Å². The van der Waals surface area contributed by atoms with Gasteiger partial charge in [0.1, 0.15) is 0 Å². The van der Waals surface area contributed by atoms with Crippen molar-refractivity contribution in [2.45, 2.75) is 26.7 Å². The fourth-order valence-electron chi connectivity index (χ4n) is 1.43. The van der Waals surface area contributed by atoms with Gasteiger partial charge >= 0.3 is 0 Å². The number of aromatic nitrogens is 2. The molecular formula is C10H17ClN2O. The summed E-state index contributed by atoms with van der Waals surface area (Å²) >= 11 is 6.09. The van der Waals surface area contributed by atoms with Crippen molar-refractivity contribution in [1.29, 1.82) is 0 Å². The van der Waals surface area contributed by atoms with Crippen LogP contribution in [0, 0.1) is 12.8 Å². The van der Waals surface area contributed by atoms with E-state index in [-0.39, 0.29) is 6.61 Å². The molecule has 3 nitrogen and oxygen atoms in total. The summed E-state index contributed by atoms with van der Waals surface area (Å²) in [5.41, 5.74) is 1.94. The van der Waals surface area contributed by atoms with E-state index in [0.717, 1.165) is 29.3 Å². The van der Waals surface area contributed by atoms with Crippen LogP contribution in [-0.4, -0.2) is 21.5 Å². The maximum absolute atomic E-state index is 8.90. The van der Waals surface area contributed by atoms with Crippen molar-refractivity contribution in [3.05, 3.63) is 16.4 Å². The molecule has 0 saturated carbocycles. The smallest absolute Gasteiger partial charge is 0.0846 e. The van der Waals surface area contributed by atoms with Gasteiger partial charge in [-0.2, -0.15) is 5.10 Å². The maximum Gasteiger partial charge on any atom is 0.0846 e. The Morgan fingerprint density at radius 3 is 2.64 bits per heavy atom. The van der Waals surface area contributed by atoms with Crippen molar-refractivity contribution >= 4 is 11.6 Å². The highest BCUT2D eigenvalue weighted by Gasteiger charge is 2.11. The molecule has 14 heavy (non-hydrogen) atoms. The SMILES string of the molecule is Cc1nn(C)c(CCC(C)CO)c1Cl. The molecule has 0 aliphatic carbocycles. The van der Waals surface area contributed by atoms with Gasteiger partial charge in [0, 0.05) is 13.7 Å². The van der Waals surface area contributed by atoms with Gasteiger partial charge in [0.2, 0.25) is 0 Å². The molecule has 1 atom stereocenters. The van der Waals surface area contributed by atoms with Crippen LogP contribution in [0.3, 0.4) is 0 Å². The summed E-state index contributed by atoms with van der Waals surface area (Å²) in [7, 11) is 1.90. The number of aliphatic hydroxyl groups excluding tert-OH is 1. The molecule has 4 heteroatoms. The van der Waals surface area contributed by atoms with Crippen LogP contribution in [0.25, 0.3) is 0 Å². The minimum Gasteiger partial charge on any atom is -0.396 e. The van der Waals surface area contributed by atoms with Crippen LogP contribution in [0.4, 0.5) is 0 Å². The van der Waals surface area contributed by atoms with E-state index in [1.807, 2.05) is 25.6 Å². The Morgan fingerprint density at radius 1 is 1.57 bits per heavy atom. The van der Waals surface area contributed by atoms with E-state index >= 15 is 0 Å². The molecule has 0 spiro atoms. The molecular weight excluding hydrogens is 200 g/mol. The van der Waals surface area contributed by atoms with Gasteiger partial charge < -0.3 is 5.11 Å². The van der Waals surface area contributed by atoms with Crippen LogP contribution in [-0.2, 0) is 13.5 Å². The molecule has 0 aromatic carbocycles. The van der Waals surface area contributed by atoms with Crippen molar-refractivity contribution in [2.75, 3.05) is 6.61 Å². The van der Waals surface area contributed by atoms with Gasteiger partial charge in [-0.25, -0.2) is 0 Å². The molecule has 1 rings (SSSR count). The molecule has 0 amide bonds.